The number of amides is 1. The predicted molar refractivity (Wildman–Crippen MR) is 117 cm³/mol. The molecule has 2 fully saturated rings. The first-order valence-corrected chi connectivity index (χ1v) is 10.3. The molecule has 1 N–H and O–H groups in total. The van der Waals surface area contributed by atoms with Crippen molar-refractivity contribution in [1.82, 2.24) is 15.1 Å². The van der Waals surface area contributed by atoms with E-state index >= 15 is 0 Å². The summed E-state index contributed by atoms with van der Waals surface area (Å²) in [5, 5.41) is 18.2. The van der Waals surface area contributed by atoms with Gasteiger partial charge in [0.2, 0.25) is 5.91 Å². The smallest absolute Gasteiger partial charge is 0.245 e. The van der Waals surface area contributed by atoms with E-state index < -0.39 is 0 Å². The summed E-state index contributed by atoms with van der Waals surface area (Å²) in [5.74, 6) is 0.0240. The minimum absolute atomic E-state index is 0.0240. The fraction of sp³-hybridized carbons (Fsp3) is 0.292. The van der Waals surface area contributed by atoms with Crippen LogP contribution in [0.15, 0.2) is 55.3 Å². The van der Waals surface area contributed by atoms with E-state index in [0.717, 1.165) is 66.7 Å². The molecule has 0 unspecified atom stereocenters. The van der Waals surface area contributed by atoms with E-state index in [1.54, 1.807) is 0 Å². The topological polar surface area (TPSA) is 76.0 Å². The van der Waals surface area contributed by atoms with Crippen LogP contribution in [0.1, 0.15) is 18.4 Å². The van der Waals surface area contributed by atoms with Gasteiger partial charge in [-0.3, -0.25) is 9.89 Å². The molecule has 2 aromatic carbocycles. The van der Waals surface area contributed by atoms with Gasteiger partial charge in [-0.15, -0.1) is 0 Å². The molecule has 0 radical (unpaired) electrons. The summed E-state index contributed by atoms with van der Waals surface area (Å²) in [7, 11) is 0. The van der Waals surface area contributed by atoms with Crippen LogP contribution in [-0.4, -0.2) is 47.2 Å². The number of hydrogen-bond donors (Lipinski definition) is 1. The normalized spacial score (nSPS) is 17.6. The van der Waals surface area contributed by atoms with Gasteiger partial charge in [-0.25, -0.2) is 0 Å². The van der Waals surface area contributed by atoms with Gasteiger partial charge in [-0.1, -0.05) is 30.8 Å². The molecule has 6 nitrogen and oxygen atoms in total. The summed E-state index contributed by atoms with van der Waals surface area (Å²) < 4.78 is 0. The SMILES string of the molecule is C=CC(=O)N1CC2(CCN(c3cccc(-c4cccc5[nH]ncc45)c3C#N)CC2)C1. The molecule has 2 aliphatic heterocycles. The predicted octanol–water partition coefficient (Wildman–Crippen LogP) is 3.72. The van der Waals surface area contributed by atoms with Crippen LogP contribution in [-0.2, 0) is 4.79 Å². The van der Waals surface area contributed by atoms with Crippen molar-refractivity contribution in [2.75, 3.05) is 31.1 Å². The number of carbonyl (C=O) groups is 1. The number of nitriles is 1. The molecule has 5 rings (SSSR count). The van der Waals surface area contributed by atoms with Crippen molar-refractivity contribution in [2.24, 2.45) is 5.41 Å². The van der Waals surface area contributed by atoms with Gasteiger partial charge < -0.3 is 9.80 Å². The lowest BCUT2D eigenvalue weighted by Crippen LogP contribution is -2.61. The highest BCUT2D eigenvalue weighted by Crippen LogP contribution is 2.43. The number of H-pyrrole nitrogens is 1. The molecule has 30 heavy (non-hydrogen) atoms. The molecule has 0 atom stereocenters. The zero-order valence-electron chi connectivity index (χ0n) is 16.8. The molecular formula is C24H23N5O. The van der Waals surface area contributed by atoms with Crippen LogP contribution >= 0.6 is 0 Å². The average Bonchev–Trinajstić information content (AvgIpc) is 3.25. The number of benzene rings is 2. The lowest BCUT2D eigenvalue weighted by atomic mass is 9.71. The molecule has 150 valence electrons. The minimum atomic E-state index is 0.0240. The first kappa shape index (κ1) is 18.4. The monoisotopic (exact) mass is 397 g/mol. The standard InChI is InChI=1S/C24H23N5O/c1-2-23(30)29-15-24(16-29)9-11-28(12-10-24)22-8-4-6-17(19(22)13-25)18-5-3-7-21-20(18)14-26-27-21/h2-8,14H,1,9-12,15-16H2,(H,26,27). The Morgan fingerprint density at radius 2 is 1.90 bits per heavy atom. The first-order valence-electron chi connectivity index (χ1n) is 10.3. The Morgan fingerprint density at radius 1 is 1.17 bits per heavy atom. The third-order valence-corrected chi connectivity index (χ3v) is 6.63. The third kappa shape index (κ3) is 2.86. The highest BCUT2D eigenvalue weighted by Gasteiger charge is 2.46. The maximum Gasteiger partial charge on any atom is 0.245 e. The molecule has 1 amide bonds. The fourth-order valence-electron chi connectivity index (χ4n) is 4.94. The van der Waals surface area contributed by atoms with Gasteiger partial charge in [-0.05, 0) is 36.6 Å². The van der Waals surface area contributed by atoms with Gasteiger partial charge >= 0.3 is 0 Å². The summed E-state index contributed by atoms with van der Waals surface area (Å²) in [6.07, 6.45) is 5.27. The summed E-state index contributed by atoms with van der Waals surface area (Å²) in [6, 6.07) is 14.6. The molecule has 3 heterocycles. The summed E-state index contributed by atoms with van der Waals surface area (Å²) in [6.45, 7) is 7.00. The Labute approximate surface area is 175 Å². The largest absolute Gasteiger partial charge is 0.370 e. The highest BCUT2D eigenvalue weighted by molar-refractivity contribution is 5.97. The van der Waals surface area contributed by atoms with E-state index in [-0.39, 0.29) is 11.3 Å². The minimum Gasteiger partial charge on any atom is -0.370 e. The van der Waals surface area contributed by atoms with Crippen LogP contribution in [0.4, 0.5) is 5.69 Å². The second-order valence-electron chi connectivity index (χ2n) is 8.33. The molecule has 3 aromatic rings. The number of anilines is 1. The molecule has 0 bridgehead atoms. The summed E-state index contributed by atoms with van der Waals surface area (Å²) >= 11 is 0. The van der Waals surface area contributed by atoms with Crippen LogP contribution < -0.4 is 4.90 Å². The number of hydrogen-bond acceptors (Lipinski definition) is 4. The van der Waals surface area contributed by atoms with Gasteiger partial charge in [0.25, 0.3) is 0 Å². The number of nitrogens with one attached hydrogen (secondary N) is 1. The van der Waals surface area contributed by atoms with Crippen molar-refractivity contribution < 1.29 is 4.79 Å². The summed E-state index contributed by atoms with van der Waals surface area (Å²) in [4.78, 5) is 16.0. The van der Waals surface area contributed by atoms with E-state index in [4.69, 9.17) is 0 Å². The Hall–Kier alpha value is -3.59. The molecule has 1 spiro atoms. The zero-order valence-corrected chi connectivity index (χ0v) is 16.8. The zero-order chi connectivity index (χ0) is 20.7. The molecule has 0 saturated carbocycles. The van der Waals surface area contributed by atoms with Crippen molar-refractivity contribution in [3.05, 3.63) is 60.8 Å². The number of aromatic nitrogens is 2. The van der Waals surface area contributed by atoms with E-state index in [0.29, 0.717) is 5.56 Å². The van der Waals surface area contributed by atoms with Gasteiger partial charge in [0.15, 0.2) is 0 Å². The molecule has 0 aliphatic carbocycles. The van der Waals surface area contributed by atoms with E-state index in [2.05, 4.69) is 27.7 Å². The van der Waals surface area contributed by atoms with Crippen LogP contribution in [0.3, 0.4) is 0 Å². The summed E-state index contributed by atoms with van der Waals surface area (Å²) in [5.41, 5.74) is 4.84. The maximum absolute atomic E-state index is 11.8. The molecular weight excluding hydrogens is 374 g/mol. The molecule has 2 saturated heterocycles. The van der Waals surface area contributed by atoms with Gasteiger partial charge in [0, 0.05) is 42.5 Å². The van der Waals surface area contributed by atoms with Crippen molar-refractivity contribution in [3.8, 4) is 17.2 Å². The number of nitrogens with zero attached hydrogens (tertiary/aromatic N) is 4. The third-order valence-electron chi connectivity index (χ3n) is 6.63. The second-order valence-corrected chi connectivity index (χ2v) is 8.33. The quantitative estimate of drug-likeness (QED) is 0.684. The number of aromatic amines is 1. The molecule has 2 aliphatic rings. The van der Waals surface area contributed by atoms with Crippen LogP contribution in [0.5, 0.6) is 0 Å². The number of likely N-dealkylation sites (tertiary alicyclic amines) is 1. The molecule has 6 heteroatoms. The van der Waals surface area contributed by atoms with Crippen molar-refractivity contribution in [3.63, 3.8) is 0 Å². The van der Waals surface area contributed by atoms with E-state index in [1.807, 2.05) is 47.5 Å². The Bertz CT molecular complexity index is 1170. The lowest BCUT2D eigenvalue weighted by Gasteiger charge is -2.54. The Morgan fingerprint density at radius 3 is 2.63 bits per heavy atom. The van der Waals surface area contributed by atoms with Crippen LogP contribution in [0, 0.1) is 16.7 Å². The van der Waals surface area contributed by atoms with Crippen molar-refractivity contribution >= 4 is 22.5 Å². The Kier molecular flexibility index (Phi) is 4.32. The number of piperidine rings is 1. The van der Waals surface area contributed by atoms with Gasteiger partial charge in [0.05, 0.1) is 23.0 Å². The van der Waals surface area contributed by atoms with Crippen molar-refractivity contribution in [2.45, 2.75) is 12.8 Å². The fourth-order valence-corrected chi connectivity index (χ4v) is 4.94. The lowest BCUT2D eigenvalue weighted by molar-refractivity contribution is -0.139. The highest BCUT2D eigenvalue weighted by atomic mass is 16.2. The Balaban J connectivity index is 1.41. The molecule has 1 aromatic heterocycles. The number of carbonyl (C=O) groups excluding carboxylic acids is 1. The second kappa shape index (κ2) is 7.03. The van der Waals surface area contributed by atoms with Crippen molar-refractivity contribution in [1.29, 1.82) is 5.26 Å². The van der Waals surface area contributed by atoms with E-state index in [1.165, 1.54) is 6.08 Å². The maximum atomic E-state index is 11.8. The number of rotatable bonds is 3. The van der Waals surface area contributed by atoms with Gasteiger partial charge in [0.1, 0.15) is 6.07 Å². The van der Waals surface area contributed by atoms with Crippen LogP contribution in [0.25, 0.3) is 22.0 Å². The van der Waals surface area contributed by atoms with Gasteiger partial charge in [-0.2, -0.15) is 10.4 Å². The number of fused-ring (bicyclic) bond motifs is 1. The average molecular weight is 397 g/mol. The van der Waals surface area contributed by atoms with Crippen LogP contribution in [0.2, 0.25) is 0 Å². The first-order chi connectivity index (χ1) is 14.6. The van der Waals surface area contributed by atoms with E-state index in [9.17, 15) is 10.1 Å².